The van der Waals surface area contributed by atoms with E-state index in [-0.39, 0.29) is 5.91 Å². The number of rotatable bonds is 7. The van der Waals surface area contributed by atoms with E-state index in [9.17, 15) is 4.79 Å². The van der Waals surface area contributed by atoms with Gasteiger partial charge in [-0.15, -0.1) is 10.2 Å². The van der Waals surface area contributed by atoms with E-state index in [1.165, 1.54) is 23.8 Å². The molecule has 2 heterocycles. The van der Waals surface area contributed by atoms with Crippen LogP contribution < -0.4 is 10.6 Å². The predicted octanol–water partition coefficient (Wildman–Crippen LogP) is 4.72. The number of nitrogens with zero attached hydrogens (tertiary/aromatic N) is 4. The van der Waals surface area contributed by atoms with Crippen molar-refractivity contribution in [3.8, 4) is 5.69 Å². The molecule has 2 aromatic heterocycles. The molecule has 0 bridgehead atoms. The van der Waals surface area contributed by atoms with Gasteiger partial charge in [0.05, 0.1) is 5.69 Å². The molecule has 0 atom stereocenters. The lowest BCUT2D eigenvalue weighted by atomic mass is 10.2. The number of nitrogens with one attached hydrogen (secondary N) is 2. The van der Waals surface area contributed by atoms with Crippen molar-refractivity contribution in [1.82, 2.24) is 20.0 Å². The molecule has 4 rings (SSSR count). The van der Waals surface area contributed by atoms with E-state index in [4.69, 9.17) is 0 Å². The van der Waals surface area contributed by atoms with Gasteiger partial charge in [0.1, 0.15) is 0 Å². The third-order valence-electron chi connectivity index (χ3n) is 3.91. The average molecular weight is 423 g/mol. The number of carbonyl (C=O) groups excluding carboxylic acids is 1. The number of anilines is 3. The number of hydrogen-bond acceptors (Lipinski definition) is 7. The predicted molar refractivity (Wildman–Crippen MR) is 117 cm³/mol. The first-order valence-electron chi connectivity index (χ1n) is 8.86. The number of carbonyl (C=O) groups is 1. The quantitative estimate of drug-likeness (QED) is 0.419. The normalized spacial score (nSPS) is 10.7. The standard InChI is InChI=1S/C20H18N6OS2/c1-14(27)22-16-4-2-5-17(12-16)23-19-24-25-20(29-19)28-13-15-6-8-18(9-7-15)26-11-3-10-21-26/h2-12H,13H2,1H3,(H,22,27)(H,23,24). The van der Waals surface area contributed by atoms with Crippen LogP contribution in [0.25, 0.3) is 5.69 Å². The molecule has 0 saturated carbocycles. The summed E-state index contributed by atoms with van der Waals surface area (Å²) in [5, 5.41) is 19.4. The highest BCUT2D eigenvalue weighted by molar-refractivity contribution is 8.00. The molecule has 0 saturated heterocycles. The Morgan fingerprint density at radius 3 is 2.69 bits per heavy atom. The smallest absolute Gasteiger partial charge is 0.221 e. The Morgan fingerprint density at radius 2 is 1.93 bits per heavy atom. The van der Waals surface area contributed by atoms with E-state index in [1.54, 1.807) is 18.0 Å². The molecule has 0 spiro atoms. The molecule has 146 valence electrons. The van der Waals surface area contributed by atoms with Crippen molar-refractivity contribution in [2.45, 2.75) is 17.0 Å². The number of aromatic nitrogens is 4. The number of amides is 1. The van der Waals surface area contributed by atoms with Crippen molar-refractivity contribution >= 4 is 45.5 Å². The summed E-state index contributed by atoms with van der Waals surface area (Å²) in [5.74, 6) is 0.709. The fourth-order valence-electron chi connectivity index (χ4n) is 2.63. The summed E-state index contributed by atoms with van der Waals surface area (Å²) in [6.45, 7) is 1.49. The molecular formula is C20H18N6OS2. The summed E-state index contributed by atoms with van der Waals surface area (Å²) in [4.78, 5) is 11.2. The Morgan fingerprint density at radius 1 is 1.10 bits per heavy atom. The fraction of sp³-hybridized carbons (Fsp3) is 0.100. The summed E-state index contributed by atoms with van der Waals surface area (Å²) in [6, 6.07) is 17.7. The highest BCUT2D eigenvalue weighted by atomic mass is 32.2. The first-order valence-corrected chi connectivity index (χ1v) is 10.7. The van der Waals surface area contributed by atoms with Crippen LogP contribution >= 0.6 is 23.1 Å². The first kappa shape index (κ1) is 19.2. The van der Waals surface area contributed by atoms with Crippen LogP contribution in [-0.4, -0.2) is 25.9 Å². The molecule has 2 N–H and O–H groups in total. The van der Waals surface area contributed by atoms with Crippen LogP contribution in [0, 0.1) is 0 Å². The SMILES string of the molecule is CC(=O)Nc1cccc(Nc2nnc(SCc3ccc(-n4cccn4)cc3)s2)c1. The Kier molecular flexibility index (Phi) is 5.87. The molecule has 9 heteroatoms. The zero-order valence-electron chi connectivity index (χ0n) is 15.6. The number of hydrogen-bond donors (Lipinski definition) is 2. The van der Waals surface area contributed by atoms with Crippen LogP contribution in [0.4, 0.5) is 16.5 Å². The van der Waals surface area contributed by atoms with E-state index in [0.29, 0.717) is 5.13 Å². The van der Waals surface area contributed by atoms with Crippen LogP contribution in [0.5, 0.6) is 0 Å². The van der Waals surface area contributed by atoms with Crippen LogP contribution in [-0.2, 0) is 10.5 Å². The largest absolute Gasteiger partial charge is 0.330 e. The zero-order valence-corrected chi connectivity index (χ0v) is 17.2. The summed E-state index contributed by atoms with van der Waals surface area (Å²) in [7, 11) is 0. The lowest BCUT2D eigenvalue weighted by Crippen LogP contribution is -2.05. The van der Waals surface area contributed by atoms with Gasteiger partial charge in [-0.3, -0.25) is 4.79 Å². The van der Waals surface area contributed by atoms with Gasteiger partial charge in [-0.25, -0.2) is 4.68 Å². The summed E-state index contributed by atoms with van der Waals surface area (Å²) in [6.07, 6.45) is 3.69. The van der Waals surface area contributed by atoms with Crippen LogP contribution in [0.2, 0.25) is 0 Å². The summed E-state index contributed by atoms with van der Waals surface area (Å²) < 4.78 is 2.72. The Labute approximate surface area is 176 Å². The molecule has 0 fully saturated rings. The minimum Gasteiger partial charge on any atom is -0.330 e. The maximum Gasteiger partial charge on any atom is 0.221 e. The average Bonchev–Trinajstić information content (AvgIpc) is 3.39. The molecular weight excluding hydrogens is 404 g/mol. The van der Waals surface area contributed by atoms with Crippen molar-refractivity contribution in [3.05, 3.63) is 72.6 Å². The third-order valence-corrected chi connectivity index (χ3v) is 5.95. The highest BCUT2D eigenvalue weighted by Gasteiger charge is 2.07. The molecule has 0 unspecified atom stereocenters. The molecule has 1 amide bonds. The van der Waals surface area contributed by atoms with E-state index in [1.807, 2.05) is 41.2 Å². The van der Waals surface area contributed by atoms with E-state index < -0.39 is 0 Å². The Bertz CT molecular complexity index is 1090. The molecule has 29 heavy (non-hydrogen) atoms. The van der Waals surface area contributed by atoms with Gasteiger partial charge < -0.3 is 10.6 Å². The molecule has 0 aliphatic rings. The maximum atomic E-state index is 11.2. The lowest BCUT2D eigenvalue weighted by Gasteiger charge is -2.05. The Balaban J connectivity index is 1.34. The minimum atomic E-state index is -0.102. The third kappa shape index (κ3) is 5.21. The highest BCUT2D eigenvalue weighted by Crippen LogP contribution is 2.30. The second kappa shape index (κ2) is 8.89. The van der Waals surface area contributed by atoms with E-state index >= 15 is 0 Å². The van der Waals surface area contributed by atoms with Gasteiger partial charge in [0.2, 0.25) is 11.0 Å². The van der Waals surface area contributed by atoms with Gasteiger partial charge in [0.15, 0.2) is 4.34 Å². The van der Waals surface area contributed by atoms with Gasteiger partial charge in [0, 0.05) is 36.4 Å². The second-order valence-corrected chi connectivity index (χ2v) is 8.37. The van der Waals surface area contributed by atoms with Crippen molar-refractivity contribution < 1.29 is 4.79 Å². The summed E-state index contributed by atoms with van der Waals surface area (Å²) in [5.41, 5.74) is 3.82. The maximum absolute atomic E-state index is 11.2. The summed E-state index contributed by atoms with van der Waals surface area (Å²) >= 11 is 3.14. The van der Waals surface area contributed by atoms with Gasteiger partial charge >= 0.3 is 0 Å². The van der Waals surface area contributed by atoms with Gasteiger partial charge in [0.25, 0.3) is 0 Å². The topological polar surface area (TPSA) is 84.7 Å². The molecule has 0 radical (unpaired) electrons. The first-order chi connectivity index (χ1) is 14.2. The monoisotopic (exact) mass is 422 g/mol. The second-order valence-electron chi connectivity index (χ2n) is 6.17. The minimum absolute atomic E-state index is 0.102. The van der Waals surface area contributed by atoms with Gasteiger partial charge in [-0.2, -0.15) is 5.10 Å². The molecule has 0 aliphatic carbocycles. The van der Waals surface area contributed by atoms with Crippen LogP contribution in [0.1, 0.15) is 12.5 Å². The van der Waals surface area contributed by atoms with Crippen LogP contribution in [0.3, 0.4) is 0 Å². The molecule has 0 aliphatic heterocycles. The number of benzene rings is 2. The van der Waals surface area contributed by atoms with Crippen molar-refractivity contribution in [2.75, 3.05) is 10.6 Å². The molecule has 2 aromatic carbocycles. The van der Waals surface area contributed by atoms with Crippen molar-refractivity contribution in [1.29, 1.82) is 0 Å². The Hall–Kier alpha value is -3.17. The molecule has 4 aromatic rings. The van der Waals surface area contributed by atoms with Gasteiger partial charge in [-0.1, -0.05) is 41.3 Å². The van der Waals surface area contributed by atoms with Gasteiger partial charge in [-0.05, 0) is 42.0 Å². The number of thioether (sulfide) groups is 1. The van der Waals surface area contributed by atoms with E-state index in [0.717, 1.165) is 27.2 Å². The van der Waals surface area contributed by atoms with E-state index in [2.05, 4.69) is 50.2 Å². The zero-order chi connectivity index (χ0) is 20.1. The van der Waals surface area contributed by atoms with Crippen LogP contribution in [0.15, 0.2) is 71.3 Å². The van der Waals surface area contributed by atoms with Crippen molar-refractivity contribution in [3.63, 3.8) is 0 Å². The van der Waals surface area contributed by atoms with Crippen molar-refractivity contribution in [2.24, 2.45) is 0 Å². The molecule has 7 nitrogen and oxygen atoms in total. The lowest BCUT2D eigenvalue weighted by molar-refractivity contribution is -0.114. The fourth-order valence-corrected chi connectivity index (χ4v) is 4.36.